The number of pyridine rings is 1. The number of hydrazine groups is 1. The van der Waals surface area contributed by atoms with Crippen molar-refractivity contribution in [3.63, 3.8) is 0 Å². The summed E-state index contributed by atoms with van der Waals surface area (Å²) in [5, 5.41) is 5.38. The third-order valence-electron chi connectivity index (χ3n) is 3.78. The summed E-state index contributed by atoms with van der Waals surface area (Å²) in [6.45, 7) is 4.94. The van der Waals surface area contributed by atoms with Gasteiger partial charge in [-0.25, -0.2) is 20.1 Å². The van der Waals surface area contributed by atoms with E-state index in [1.165, 1.54) is 12.8 Å². The van der Waals surface area contributed by atoms with Gasteiger partial charge < -0.3 is 5.43 Å². The minimum atomic E-state index is 0.580. The second kappa shape index (κ2) is 8.13. The number of hydrogen-bond donors (Lipinski definition) is 3. The summed E-state index contributed by atoms with van der Waals surface area (Å²) >= 11 is 4.30. The standard InChI is InChI=1S/C14H12N6S.C4H10/c21-12-5-10-6-18-20(14(10)15-7-12)11-3-1-2-9(4-11)13-16-8-17-19-13;1-3-4-2/h1-7,17,21H,8H2,(H,16,19);3-4H2,1-2H3. The smallest absolute Gasteiger partial charge is 0.162 e. The molecule has 0 amide bonds. The molecule has 0 saturated heterocycles. The molecule has 0 aliphatic carbocycles. The van der Waals surface area contributed by atoms with Gasteiger partial charge in [-0.3, -0.25) is 0 Å². The van der Waals surface area contributed by atoms with E-state index < -0.39 is 0 Å². The van der Waals surface area contributed by atoms with Crippen molar-refractivity contribution >= 4 is 29.5 Å². The highest BCUT2D eigenvalue weighted by Crippen LogP contribution is 2.19. The molecule has 1 aromatic carbocycles. The van der Waals surface area contributed by atoms with Gasteiger partial charge in [0.25, 0.3) is 0 Å². The van der Waals surface area contributed by atoms with Crippen molar-refractivity contribution in [1.82, 2.24) is 25.6 Å². The molecular weight excluding hydrogens is 332 g/mol. The first-order valence-corrected chi connectivity index (χ1v) is 8.84. The zero-order chi connectivity index (χ0) is 17.6. The second-order valence-corrected chi connectivity index (χ2v) is 6.20. The van der Waals surface area contributed by atoms with Crippen LogP contribution in [0.1, 0.15) is 32.3 Å². The second-order valence-electron chi connectivity index (χ2n) is 5.68. The molecule has 3 heterocycles. The van der Waals surface area contributed by atoms with Crippen LogP contribution in [-0.4, -0.2) is 27.3 Å². The summed E-state index contributed by atoms with van der Waals surface area (Å²) in [4.78, 5) is 9.58. The Labute approximate surface area is 152 Å². The van der Waals surface area contributed by atoms with Crippen molar-refractivity contribution in [2.45, 2.75) is 31.6 Å². The fraction of sp³-hybridized carbons (Fsp3) is 0.278. The molecule has 0 fully saturated rings. The van der Waals surface area contributed by atoms with E-state index in [4.69, 9.17) is 0 Å². The molecule has 7 heteroatoms. The monoisotopic (exact) mass is 354 g/mol. The molecule has 0 spiro atoms. The SMILES string of the molecule is CCCC.Sc1cnc2c(cnn2-c2cccc(C3=NCNN3)c2)c1. The Morgan fingerprint density at radius 3 is 2.72 bits per heavy atom. The molecule has 130 valence electrons. The number of aliphatic imine (C=N–C) groups is 1. The van der Waals surface area contributed by atoms with E-state index in [0.29, 0.717) is 6.67 Å². The van der Waals surface area contributed by atoms with Gasteiger partial charge in [0.15, 0.2) is 5.65 Å². The molecule has 0 radical (unpaired) electrons. The van der Waals surface area contributed by atoms with Gasteiger partial charge in [0, 0.05) is 22.0 Å². The molecule has 25 heavy (non-hydrogen) atoms. The van der Waals surface area contributed by atoms with Crippen LogP contribution in [0, 0.1) is 0 Å². The quantitative estimate of drug-likeness (QED) is 0.631. The van der Waals surface area contributed by atoms with E-state index >= 15 is 0 Å². The lowest BCUT2D eigenvalue weighted by Crippen LogP contribution is -2.30. The van der Waals surface area contributed by atoms with Crippen LogP contribution in [0.2, 0.25) is 0 Å². The Kier molecular flexibility index (Phi) is 5.67. The van der Waals surface area contributed by atoms with Gasteiger partial charge in [-0.2, -0.15) is 5.10 Å². The Hall–Kier alpha value is -2.38. The number of hydrogen-bond acceptors (Lipinski definition) is 6. The van der Waals surface area contributed by atoms with Gasteiger partial charge in [0.2, 0.25) is 0 Å². The predicted octanol–water partition coefficient (Wildman–Crippen LogP) is 3.33. The molecule has 0 atom stereocenters. The third-order valence-corrected chi connectivity index (χ3v) is 4.03. The number of aromatic nitrogens is 3. The van der Waals surface area contributed by atoms with Crippen LogP contribution in [0.5, 0.6) is 0 Å². The van der Waals surface area contributed by atoms with Gasteiger partial charge >= 0.3 is 0 Å². The highest BCUT2D eigenvalue weighted by atomic mass is 32.1. The van der Waals surface area contributed by atoms with Gasteiger partial charge in [-0.05, 0) is 18.2 Å². The first-order valence-electron chi connectivity index (χ1n) is 8.39. The zero-order valence-electron chi connectivity index (χ0n) is 14.4. The molecule has 3 aromatic rings. The van der Waals surface area contributed by atoms with E-state index in [1.807, 2.05) is 35.0 Å². The number of unbranched alkanes of at least 4 members (excludes halogenated alkanes) is 1. The number of benzene rings is 1. The normalized spacial score (nSPS) is 13.2. The zero-order valence-corrected chi connectivity index (χ0v) is 15.3. The van der Waals surface area contributed by atoms with E-state index in [1.54, 1.807) is 12.4 Å². The average molecular weight is 354 g/mol. The van der Waals surface area contributed by atoms with Crippen LogP contribution in [0.3, 0.4) is 0 Å². The maximum absolute atomic E-state index is 4.42. The summed E-state index contributed by atoms with van der Waals surface area (Å²) in [5.74, 6) is 0.832. The maximum Gasteiger partial charge on any atom is 0.162 e. The van der Waals surface area contributed by atoms with Crippen LogP contribution in [0.25, 0.3) is 16.7 Å². The van der Waals surface area contributed by atoms with Crippen molar-refractivity contribution in [3.8, 4) is 5.69 Å². The Balaban J connectivity index is 0.000000415. The highest BCUT2D eigenvalue weighted by molar-refractivity contribution is 7.80. The van der Waals surface area contributed by atoms with Crippen molar-refractivity contribution in [3.05, 3.63) is 48.3 Å². The van der Waals surface area contributed by atoms with Crippen LogP contribution in [0.15, 0.2) is 52.6 Å². The molecule has 0 unspecified atom stereocenters. The van der Waals surface area contributed by atoms with Crippen molar-refractivity contribution in [2.24, 2.45) is 4.99 Å². The van der Waals surface area contributed by atoms with E-state index in [0.717, 1.165) is 33.0 Å². The molecule has 0 bridgehead atoms. The fourth-order valence-electron chi connectivity index (χ4n) is 2.33. The Morgan fingerprint density at radius 2 is 2.00 bits per heavy atom. The fourth-order valence-corrected chi connectivity index (χ4v) is 2.53. The van der Waals surface area contributed by atoms with Gasteiger partial charge in [0.1, 0.15) is 12.5 Å². The summed E-state index contributed by atoms with van der Waals surface area (Å²) in [5.41, 5.74) is 8.76. The summed E-state index contributed by atoms with van der Waals surface area (Å²) < 4.78 is 1.81. The molecule has 0 saturated carbocycles. The van der Waals surface area contributed by atoms with Gasteiger partial charge in [-0.15, -0.1) is 12.6 Å². The van der Waals surface area contributed by atoms with Crippen LogP contribution in [0.4, 0.5) is 0 Å². The third kappa shape index (κ3) is 4.00. The van der Waals surface area contributed by atoms with E-state index in [2.05, 4.69) is 52.4 Å². The molecule has 4 rings (SSSR count). The van der Waals surface area contributed by atoms with Gasteiger partial charge in [-0.1, -0.05) is 38.8 Å². The minimum Gasteiger partial charge on any atom is -0.304 e. The number of nitrogens with one attached hydrogen (secondary N) is 2. The van der Waals surface area contributed by atoms with Crippen molar-refractivity contribution in [2.75, 3.05) is 6.67 Å². The minimum absolute atomic E-state index is 0.580. The average Bonchev–Trinajstić information content (AvgIpc) is 3.31. The first kappa shape index (κ1) is 17.4. The summed E-state index contributed by atoms with van der Waals surface area (Å²) in [6.07, 6.45) is 6.15. The largest absolute Gasteiger partial charge is 0.304 e. The number of fused-ring (bicyclic) bond motifs is 1. The number of rotatable bonds is 3. The molecular formula is C18H22N6S. The van der Waals surface area contributed by atoms with Crippen LogP contribution in [-0.2, 0) is 0 Å². The summed E-state index contributed by atoms with van der Waals surface area (Å²) in [6, 6.07) is 9.96. The molecule has 1 aliphatic heterocycles. The van der Waals surface area contributed by atoms with Crippen molar-refractivity contribution < 1.29 is 0 Å². The van der Waals surface area contributed by atoms with Crippen LogP contribution >= 0.6 is 12.6 Å². The van der Waals surface area contributed by atoms with Crippen molar-refractivity contribution in [1.29, 1.82) is 0 Å². The van der Waals surface area contributed by atoms with Gasteiger partial charge in [0.05, 0.1) is 11.9 Å². The molecule has 6 nitrogen and oxygen atoms in total. The molecule has 2 N–H and O–H groups in total. The number of amidine groups is 1. The topological polar surface area (TPSA) is 67.1 Å². The Morgan fingerprint density at radius 1 is 1.16 bits per heavy atom. The lowest BCUT2D eigenvalue weighted by Gasteiger charge is -2.06. The van der Waals surface area contributed by atoms with E-state index in [9.17, 15) is 0 Å². The number of thiol groups is 1. The maximum atomic E-state index is 4.42. The lowest BCUT2D eigenvalue weighted by atomic mass is 10.2. The highest BCUT2D eigenvalue weighted by Gasteiger charge is 2.11. The summed E-state index contributed by atoms with van der Waals surface area (Å²) in [7, 11) is 0. The van der Waals surface area contributed by atoms with E-state index in [-0.39, 0.29) is 0 Å². The number of nitrogens with zero attached hydrogens (tertiary/aromatic N) is 4. The molecule has 1 aliphatic rings. The lowest BCUT2D eigenvalue weighted by molar-refractivity contribution is 0.727. The van der Waals surface area contributed by atoms with Crippen LogP contribution < -0.4 is 10.9 Å². The molecule has 2 aromatic heterocycles. The first-order chi connectivity index (χ1) is 12.2. The predicted molar refractivity (Wildman–Crippen MR) is 104 cm³/mol. The Bertz CT molecular complexity index is 884.